The molecule has 34 heavy (non-hydrogen) atoms. The van der Waals surface area contributed by atoms with Crippen LogP contribution in [0.3, 0.4) is 0 Å². The number of hydrogen-bond acceptors (Lipinski definition) is 3. The van der Waals surface area contributed by atoms with E-state index in [1.807, 2.05) is 121 Å². The molecule has 0 bridgehead atoms. The maximum atomic E-state index is 14.3. The predicted molar refractivity (Wildman–Crippen MR) is 132 cm³/mol. The van der Waals surface area contributed by atoms with Crippen molar-refractivity contribution in [3.8, 4) is 0 Å². The quantitative estimate of drug-likeness (QED) is 0.328. The van der Waals surface area contributed by atoms with Gasteiger partial charge in [-0.25, -0.2) is 4.79 Å². The van der Waals surface area contributed by atoms with Gasteiger partial charge < -0.3 is 9.84 Å². The van der Waals surface area contributed by atoms with E-state index in [-0.39, 0.29) is 18.9 Å². The van der Waals surface area contributed by atoms with E-state index in [1.165, 1.54) is 7.11 Å². The molecule has 0 saturated heterocycles. The molecule has 4 rings (SSSR count). The average Bonchev–Trinajstić information content (AvgIpc) is 2.90. The van der Waals surface area contributed by atoms with E-state index in [9.17, 15) is 9.90 Å². The molecule has 0 aliphatic carbocycles. The Hall–Kier alpha value is -2.86. The second-order valence-corrected chi connectivity index (χ2v) is 10.8. The van der Waals surface area contributed by atoms with Gasteiger partial charge in [0, 0.05) is 12.7 Å². The number of ether oxygens (including phenoxy) is 1. The Morgan fingerprint density at radius 3 is 1.50 bits per heavy atom. The van der Waals surface area contributed by atoms with Crippen LogP contribution in [0.5, 0.6) is 0 Å². The fourth-order valence-electron chi connectivity index (χ4n) is 4.19. The topological polar surface area (TPSA) is 61.7 Å². The third-order valence-corrected chi connectivity index (χ3v) is 9.70. The summed E-state index contributed by atoms with van der Waals surface area (Å²) in [4.78, 5) is 12.8. The first-order valence-electron chi connectivity index (χ1n) is 10.7. The molecule has 0 N–H and O–H groups in total. The molecule has 0 aliphatic rings. The molecule has 6 heteroatoms. The normalized spacial score (nSPS) is 12.6. The number of nitrogens with zero attached hydrogens (tertiary/aromatic N) is 1. The molecule has 1 amide bonds. The molecule has 4 aromatic carbocycles. The Balaban J connectivity index is 0.00000324. The first-order valence-corrected chi connectivity index (χ1v) is 12.5. The van der Waals surface area contributed by atoms with Gasteiger partial charge in [-0.3, -0.25) is 0 Å². The summed E-state index contributed by atoms with van der Waals surface area (Å²) < 4.78 is 9.78. The van der Waals surface area contributed by atoms with Gasteiger partial charge in [0.2, 0.25) is 0 Å². The zero-order valence-electron chi connectivity index (χ0n) is 19.3. The van der Waals surface area contributed by atoms with E-state index in [2.05, 4.69) is 0 Å². The van der Waals surface area contributed by atoms with Gasteiger partial charge in [-0.15, -0.1) is 0 Å². The average molecular weight is 461 g/mol. The van der Waals surface area contributed by atoms with Crippen LogP contribution in [-0.2, 0) is 4.74 Å². The van der Waals surface area contributed by atoms with Crippen molar-refractivity contribution in [1.29, 1.82) is 0 Å². The van der Waals surface area contributed by atoms with Crippen molar-refractivity contribution in [3.63, 3.8) is 0 Å². The van der Waals surface area contributed by atoms with Gasteiger partial charge in [0.25, 0.3) is 0 Å². The van der Waals surface area contributed by atoms with Gasteiger partial charge in [0.1, 0.15) is 0 Å². The Morgan fingerprint density at radius 1 is 0.706 bits per heavy atom. The molecule has 0 aromatic heterocycles. The number of methoxy groups -OCH3 is 1. The minimum atomic E-state index is -2.99. The fourth-order valence-corrected chi connectivity index (χ4v) is 8.25. The van der Waals surface area contributed by atoms with E-state index in [0.717, 1.165) is 16.2 Å². The number of carbonyl (C=O) groups is 1. The Labute approximate surface area is 212 Å². The Morgan fingerprint density at radius 2 is 1.09 bits per heavy atom. The molecule has 166 valence electrons. The van der Waals surface area contributed by atoms with Crippen LogP contribution in [0, 0.1) is 0 Å². The minimum absolute atomic E-state index is 0. The van der Waals surface area contributed by atoms with Gasteiger partial charge >= 0.3 is 25.0 Å². The van der Waals surface area contributed by atoms with Crippen molar-refractivity contribution >= 4 is 23.8 Å². The SMILES string of the molecule is COC(=O)N=P(c1ccccc1)(c1ccccc1)C(c1ccccc1)C([O-])c1ccccc1.[Li+]. The summed E-state index contributed by atoms with van der Waals surface area (Å²) in [5.74, 6) is 0. The number of carbonyl (C=O) groups excluding carboxylic acids is 1. The summed E-state index contributed by atoms with van der Waals surface area (Å²) in [6.45, 7) is 0. The van der Waals surface area contributed by atoms with Crippen LogP contribution >= 0.6 is 7.05 Å². The largest absolute Gasteiger partial charge is 1.00 e. The van der Waals surface area contributed by atoms with Crippen LogP contribution in [0.25, 0.3) is 0 Å². The smallest absolute Gasteiger partial charge is 0.848 e. The van der Waals surface area contributed by atoms with Crippen molar-refractivity contribution in [2.24, 2.45) is 4.74 Å². The first-order chi connectivity index (χ1) is 16.2. The van der Waals surface area contributed by atoms with Gasteiger partial charge in [-0.1, -0.05) is 133 Å². The van der Waals surface area contributed by atoms with Gasteiger partial charge in [0.15, 0.2) is 0 Å². The maximum absolute atomic E-state index is 14.3. The predicted octanol–water partition coefficient (Wildman–Crippen LogP) is 2.45. The van der Waals surface area contributed by atoms with Crippen LogP contribution in [0.1, 0.15) is 22.9 Å². The molecule has 0 saturated carbocycles. The summed E-state index contributed by atoms with van der Waals surface area (Å²) in [6, 6.07) is 38.3. The molecule has 0 radical (unpaired) electrons. The van der Waals surface area contributed by atoms with Crippen molar-refractivity contribution in [2.75, 3.05) is 7.11 Å². The van der Waals surface area contributed by atoms with Crippen molar-refractivity contribution < 1.29 is 33.5 Å². The minimum Gasteiger partial charge on any atom is -0.848 e. The molecular weight excluding hydrogens is 436 g/mol. The second-order valence-electron chi connectivity index (χ2n) is 7.61. The van der Waals surface area contributed by atoms with Gasteiger partial charge in [0.05, 0.1) is 7.11 Å². The van der Waals surface area contributed by atoms with E-state index in [1.54, 1.807) is 0 Å². The van der Waals surface area contributed by atoms with Gasteiger partial charge in [-0.2, -0.15) is 4.74 Å². The van der Waals surface area contributed by atoms with Crippen molar-refractivity contribution in [1.82, 2.24) is 0 Å². The van der Waals surface area contributed by atoms with E-state index < -0.39 is 24.9 Å². The third-order valence-electron chi connectivity index (χ3n) is 5.67. The standard InChI is InChI=1S/C28H25NO3P.Li/c1-32-28(31)29-33(24-18-10-4-11-19-24,25-20-12-5-13-21-25)27(23-16-8-3-9-17-23)26(30)22-14-6-2-7-15-22;/h2-21,26-27H,1H3;/q-1;+1. The molecular formula is C28H25LiNO3P. The van der Waals surface area contributed by atoms with Crippen molar-refractivity contribution in [2.45, 2.75) is 11.8 Å². The summed E-state index contributed by atoms with van der Waals surface area (Å²) in [7, 11) is -1.67. The zero-order chi connectivity index (χ0) is 23.1. The molecule has 4 nitrogen and oxygen atoms in total. The molecule has 0 fully saturated rings. The molecule has 0 spiro atoms. The number of benzene rings is 4. The fraction of sp³-hybridized carbons (Fsp3) is 0.107. The number of rotatable bonds is 6. The zero-order valence-corrected chi connectivity index (χ0v) is 20.2. The molecule has 2 atom stereocenters. The summed E-state index contributed by atoms with van der Waals surface area (Å²) in [6.07, 6.45) is -1.84. The number of hydrogen-bond donors (Lipinski definition) is 0. The van der Waals surface area contributed by atoms with E-state index in [4.69, 9.17) is 9.48 Å². The van der Waals surface area contributed by atoms with Crippen molar-refractivity contribution in [3.05, 3.63) is 132 Å². The van der Waals surface area contributed by atoms with Crippen LogP contribution in [0.2, 0.25) is 0 Å². The maximum Gasteiger partial charge on any atom is 1.00 e. The Bertz CT molecular complexity index is 1190. The summed E-state index contributed by atoms with van der Waals surface area (Å²) >= 11 is 0. The van der Waals surface area contributed by atoms with Crippen LogP contribution in [0.4, 0.5) is 4.79 Å². The second kappa shape index (κ2) is 12.0. The van der Waals surface area contributed by atoms with Gasteiger partial charge in [-0.05, 0) is 16.2 Å². The number of amides is 1. The van der Waals surface area contributed by atoms with Crippen LogP contribution in [0.15, 0.2) is 126 Å². The molecule has 0 heterocycles. The first kappa shape index (κ1) is 25.8. The van der Waals surface area contributed by atoms with E-state index in [0.29, 0.717) is 5.56 Å². The van der Waals surface area contributed by atoms with Crippen LogP contribution < -0.4 is 34.6 Å². The van der Waals surface area contributed by atoms with E-state index >= 15 is 0 Å². The monoisotopic (exact) mass is 461 g/mol. The third kappa shape index (κ3) is 5.27. The molecule has 0 aliphatic heterocycles. The Kier molecular flexibility index (Phi) is 9.10. The molecule has 2 unspecified atom stereocenters. The summed E-state index contributed by atoms with van der Waals surface area (Å²) in [5, 5.41) is 16.0. The summed E-state index contributed by atoms with van der Waals surface area (Å²) in [5.41, 5.74) is 0.878. The molecule has 4 aromatic rings. The van der Waals surface area contributed by atoms with Crippen LogP contribution in [-0.4, -0.2) is 13.2 Å².